The van der Waals surface area contributed by atoms with Gasteiger partial charge in [-0.1, -0.05) is 32.1 Å². The van der Waals surface area contributed by atoms with Crippen LogP contribution < -0.4 is 5.32 Å². The Balaban J connectivity index is 1.44. The van der Waals surface area contributed by atoms with Gasteiger partial charge in [-0.15, -0.1) is 11.3 Å². The van der Waals surface area contributed by atoms with E-state index in [9.17, 15) is 4.79 Å². The molecule has 0 spiro atoms. The molecule has 3 rings (SSSR count). The molecule has 1 N–H and O–H groups in total. The molecule has 4 nitrogen and oxygen atoms in total. The topological polar surface area (TPSA) is 54.9 Å². The second-order valence-electron chi connectivity index (χ2n) is 6.22. The van der Waals surface area contributed by atoms with Gasteiger partial charge in [-0.3, -0.25) is 9.78 Å². The Hall–Kier alpha value is -1.75. The number of aromatic nitrogens is 2. The molecular formula is C18H23N3OS. The molecule has 5 heteroatoms. The fourth-order valence-electron chi connectivity index (χ4n) is 3.19. The molecule has 0 aromatic carbocycles. The zero-order valence-electron chi connectivity index (χ0n) is 13.3. The van der Waals surface area contributed by atoms with Crippen molar-refractivity contribution in [2.45, 2.75) is 51.4 Å². The summed E-state index contributed by atoms with van der Waals surface area (Å²) in [5.41, 5.74) is 1.84. The Morgan fingerprint density at radius 2 is 2.17 bits per heavy atom. The second-order valence-corrected chi connectivity index (χ2v) is 7.08. The number of pyridine rings is 1. The maximum absolute atomic E-state index is 12.0. The number of hydrogen-bond donors (Lipinski definition) is 1. The lowest BCUT2D eigenvalue weighted by Gasteiger charge is -2.20. The summed E-state index contributed by atoms with van der Waals surface area (Å²) in [5, 5.41) is 5.54. The zero-order valence-corrected chi connectivity index (χ0v) is 14.1. The molecular weight excluding hydrogens is 306 g/mol. The van der Waals surface area contributed by atoms with Crippen LogP contribution in [0, 0.1) is 5.92 Å². The molecule has 1 aliphatic rings. The number of nitrogens with one attached hydrogen (secondary N) is 1. The summed E-state index contributed by atoms with van der Waals surface area (Å²) >= 11 is 1.46. The van der Waals surface area contributed by atoms with Gasteiger partial charge in [-0.2, -0.15) is 0 Å². The number of amides is 1. The number of anilines is 1. The third kappa shape index (κ3) is 4.86. The van der Waals surface area contributed by atoms with E-state index in [-0.39, 0.29) is 5.91 Å². The van der Waals surface area contributed by atoms with Crippen molar-refractivity contribution in [1.29, 1.82) is 0 Å². The number of hydrogen-bond acceptors (Lipinski definition) is 4. The lowest BCUT2D eigenvalue weighted by Crippen LogP contribution is -2.12. The van der Waals surface area contributed by atoms with Crippen LogP contribution in [-0.4, -0.2) is 15.9 Å². The number of thiazole rings is 1. The second kappa shape index (κ2) is 8.20. The largest absolute Gasteiger partial charge is 0.302 e. The Morgan fingerprint density at radius 3 is 2.96 bits per heavy atom. The van der Waals surface area contributed by atoms with Crippen LogP contribution >= 0.6 is 11.3 Å². The minimum Gasteiger partial charge on any atom is -0.302 e. The Morgan fingerprint density at radius 1 is 1.30 bits per heavy atom. The fourth-order valence-corrected chi connectivity index (χ4v) is 3.92. The number of carbonyl (C=O) groups is 1. The molecule has 0 atom stereocenters. The van der Waals surface area contributed by atoms with Crippen molar-refractivity contribution in [2.24, 2.45) is 5.92 Å². The molecule has 0 radical (unpaired) electrons. The lowest BCUT2D eigenvalue weighted by atomic mass is 9.86. The van der Waals surface area contributed by atoms with E-state index < -0.39 is 0 Å². The average Bonchev–Trinajstić information content (AvgIpc) is 3.05. The Kier molecular flexibility index (Phi) is 5.75. The van der Waals surface area contributed by atoms with Crippen molar-refractivity contribution in [2.75, 3.05) is 5.32 Å². The highest BCUT2D eigenvalue weighted by Crippen LogP contribution is 2.28. The molecule has 0 unspecified atom stereocenters. The molecule has 2 aromatic rings. The summed E-state index contributed by atoms with van der Waals surface area (Å²) in [6.07, 6.45) is 13.1. The van der Waals surface area contributed by atoms with Gasteiger partial charge in [0.05, 0.1) is 5.69 Å². The molecule has 122 valence electrons. The molecule has 2 aromatic heterocycles. The van der Waals surface area contributed by atoms with Crippen LogP contribution in [0.15, 0.2) is 29.9 Å². The fraction of sp³-hybridized carbons (Fsp3) is 0.500. The molecule has 1 saturated carbocycles. The summed E-state index contributed by atoms with van der Waals surface area (Å²) in [6.45, 7) is 0. The van der Waals surface area contributed by atoms with Crippen LogP contribution in [0.3, 0.4) is 0 Å². The number of nitrogens with zero attached hydrogens (tertiary/aromatic N) is 2. The van der Waals surface area contributed by atoms with Crippen LogP contribution in [0.5, 0.6) is 0 Å². The van der Waals surface area contributed by atoms with Gasteiger partial charge in [0.15, 0.2) is 5.13 Å². The summed E-state index contributed by atoms with van der Waals surface area (Å²) in [4.78, 5) is 20.6. The first-order chi connectivity index (χ1) is 11.3. The van der Waals surface area contributed by atoms with E-state index in [1.165, 1.54) is 49.9 Å². The van der Waals surface area contributed by atoms with Crippen molar-refractivity contribution in [3.8, 4) is 11.3 Å². The van der Waals surface area contributed by atoms with Gasteiger partial charge in [0, 0.05) is 29.8 Å². The van der Waals surface area contributed by atoms with E-state index in [4.69, 9.17) is 0 Å². The van der Waals surface area contributed by atoms with Crippen LogP contribution in [0.25, 0.3) is 11.3 Å². The van der Waals surface area contributed by atoms with E-state index in [1.807, 2.05) is 17.5 Å². The maximum atomic E-state index is 12.0. The van der Waals surface area contributed by atoms with Crippen LogP contribution in [0.4, 0.5) is 5.13 Å². The summed E-state index contributed by atoms with van der Waals surface area (Å²) in [7, 11) is 0. The van der Waals surface area contributed by atoms with Gasteiger partial charge in [-0.25, -0.2) is 4.98 Å². The third-order valence-electron chi connectivity index (χ3n) is 4.45. The highest BCUT2D eigenvalue weighted by Gasteiger charge is 2.14. The Labute approximate surface area is 141 Å². The van der Waals surface area contributed by atoms with Gasteiger partial charge in [0.1, 0.15) is 0 Å². The monoisotopic (exact) mass is 329 g/mol. The molecule has 1 aliphatic carbocycles. The lowest BCUT2D eigenvalue weighted by molar-refractivity contribution is -0.116. The summed E-state index contributed by atoms with van der Waals surface area (Å²) < 4.78 is 0. The van der Waals surface area contributed by atoms with Crippen molar-refractivity contribution in [3.05, 3.63) is 29.9 Å². The van der Waals surface area contributed by atoms with Gasteiger partial charge in [0.25, 0.3) is 0 Å². The number of carbonyl (C=O) groups excluding carboxylic acids is 1. The van der Waals surface area contributed by atoms with E-state index in [0.29, 0.717) is 11.6 Å². The van der Waals surface area contributed by atoms with Crippen molar-refractivity contribution in [1.82, 2.24) is 9.97 Å². The SMILES string of the molecule is O=C(CCCC1CCCCC1)Nc1nc(-c2cccnc2)cs1. The first-order valence-electron chi connectivity index (χ1n) is 8.47. The smallest absolute Gasteiger partial charge is 0.226 e. The van der Waals surface area contributed by atoms with E-state index in [2.05, 4.69) is 15.3 Å². The summed E-state index contributed by atoms with van der Waals surface area (Å²) in [6, 6.07) is 3.86. The van der Waals surface area contributed by atoms with Crippen LogP contribution in [0.2, 0.25) is 0 Å². The summed E-state index contributed by atoms with van der Waals surface area (Å²) in [5.74, 6) is 0.918. The molecule has 2 heterocycles. The van der Waals surface area contributed by atoms with Gasteiger partial charge in [-0.05, 0) is 30.9 Å². The number of rotatable bonds is 6. The Bertz CT molecular complexity index is 620. The highest BCUT2D eigenvalue weighted by molar-refractivity contribution is 7.14. The molecule has 0 aliphatic heterocycles. The van der Waals surface area contributed by atoms with E-state index in [0.717, 1.165) is 23.6 Å². The van der Waals surface area contributed by atoms with Crippen molar-refractivity contribution >= 4 is 22.4 Å². The van der Waals surface area contributed by atoms with E-state index >= 15 is 0 Å². The molecule has 23 heavy (non-hydrogen) atoms. The predicted octanol–water partition coefficient (Wildman–Crippen LogP) is 4.89. The van der Waals surface area contributed by atoms with Gasteiger partial charge in [0.2, 0.25) is 5.91 Å². The molecule has 0 bridgehead atoms. The maximum Gasteiger partial charge on any atom is 0.226 e. The zero-order chi connectivity index (χ0) is 15.9. The minimum atomic E-state index is 0.0768. The molecule has 0 saturated heterocycles. The minimum absolute atomic E-state index is 0.0768. The highest BCUT2D eigenvalue weighted by atomic mass is 32.1. The van der Waals surface area contributed by atoms with Crippen LogP contribution in [0.1, 0.15) is 51.4 Å². The van der Waals surface area contributed by atoms with Crippen molar-refractivity contribution in [3.63, 3.8) is 0 Å². The predicted molar refractivity (Wildman–Crippen MR) is 94.4 cm³/mol. The quantitative estimate of drug-likeness (QED) is 0.820. The van der Waals surface area contributed by atoms with E-state index in [1.54, 1.807) is 12.4 Å². The first kappa shape index (κ1) is 16.1. The first-order valence-corrected chi connectivity index (χ1v) is 9.35. The normalized spacial score (nSPS) is 15.5. The molecule has 1 fully saturated rings. The van der Waals surface area contributed by atoms with Crippen LogP contribution in [-0.2, 0) is 4.79 Å². The molecule has 1 amide bonds. The standard InChI is InChI=1S/C18H23N3OS/c22-17(10-4-8-14-6-2-1-3-7-14)21-18-20-16(13-23-18)15-9-5-11-19-12-15/h5,9,11-14H,1-4,6-8,10H2,(H,20,21,22). The van der Waals surface area contributed by atoms with Gasteiger partial charge < -0.3 is 5.32 Å². The van der Waals surface area contributed by atoms with Gasteiger partial charge >= 0.3 is 0 Å². The third-order valence-corrected chi connectivity index (χ3v) is 5.21. The average molecular weight is 329 g/mol. The van der Waals surface area contributed by atoms with Crippen molar-refractivity contribution < 1.29 is 4.79 Å².